The summed E-state index contributed by atoms with van der Waals surface area (Å²) < 4.78 is 21.3. The van der Waals surface area contributed by atoms with Gasteiger partial charge < -0.3 is 15.2 Å². The molecular formula is C25H24FN3O3. The van der Waals surface area contributed by atoms with Gasteiger partial charge in [-0.1, -0.05) is 30.3 Å². The Morgan fingerprint density at radius 3 is 2.47 bits per heavy atom. The number of hydrogen-bond acceptors (Lipinski definition) is 4. The second-order valence-electron chi connectivity index (χ2n) is 7.68. The summed E-state index contributed by atoms with van der Waals surface area (Å²) in [6, 6.07) is 20.9. The Hall–Kier alpha value is -3.71. The van der Waals surface area contributed by atoms with E-state index in [0.29, 0.717) is 5.75 Å². The maximum absolute atomic E-state index is 13.3. The van der Waals surface area contributed by atoms with Gasteiger partial charge in [-0.05, 0) is 61.9 Å². The number of carbonyl (C=O) groups is 1. The van der Waals surface area contributed by atoms with Gasteiger partial charge in [0.1, 0.15) is 23.8 Å². The number of rotatable bonds is 7. The van der Waals surface area contributed by atoms with Crippen molar-refractivity contribution >= 4 is 16.8 Å². The van der Waals surface area contributed by atoms with Crippen LogP contribution in [-0.4, -0.2) is 32.9 Å². The highest BCUT2D eigenvalue weighted by molar-refractivity contribution is 5.82. The predicted octanol–water partition coefficient (Wildman–Crippen LogP) is 4.17. The fourth-order valence-electron chi connectivity index (χ4n) is 3.54. The molecule has 0 bridgehead atoms. The number of ether oxygens (including phenoxy) is 1. The summed E-state index contributed by atoms with van der Waals surface area (Å²) in [5.41, 5.74) is 2.51. The quantitative estimate of drug-likeness (QED) is 0.459. The molecule has 0 unspecified atom stereocenters. The minimum atomic E-state index is -1.11. The van der Waals surface area contributed by atoms with Crippen molar-refractivity contribution < 1.29 is 19.0 Å². The zero-order chi connectivity index (χ0) is 22.7. The Morgan fingerprint density at radius 1 is 1.06 bits per heavy atom. The van der Waals surface area contributed by atoms with Crippen molar-refractivity contribution in [3.05, 3.63) is 90.4 Å². The van der Waals surface area contributed by atoms with Crippen molar-refractivity contribution in [2.24, 2.45) is 0 Å². The molecular weight excluding hydrogens is 409 g/mol. The number of carbonyl (C=O) groups excluding carboxylic acids is 1. The van der Waals surface area contributed by atoms with E-state index in [-0.39, 0.29) is 5.82 Å². The van der Waals surface area contributed by atoms with Gasteiger partial charge in [-0.25, -0.2) is 9.07 Å². The van der Waals surface area contributed by atoms with E-state index >= 15 is 0 Å². The number of fused-ring (bicyclic) bond motifs is 1. The van der Waals surface area contributed by atoms with Crippen molar-refractivity contribution in [1.29, 1.82) is 0 Å². The van der Waals surface area contributed by atoms with E-state index in [1.165, 1.54) is 19.1 Å². The van der Waals surface area contributed by atoms with E-state index in [0.717, 1.165) is 22.2 Å². The first kappa shape index (κ1) is 21.5. The predicted molar refractivity (Wildman–Crippen MR) is 120 cm³/mol. The van der Waals surface area contributed by atoms with E-state index < -0.39 is 24.2 Å². The lowest BCUT2D eigenvalue weighted by atomic mass is 10.0. The van der Waals surface area contributed by atoms with Gasteiger partial charge in [-0.3, -0.25) is 4.79 Å². The van der Waals surface area contributed by atoms with Crippen LogP contribution in [0.2, 0.25) is 0 Å². The third-order valence-corrected chi connectivity index (χ3v) is 5.21. The van der Waals surface area contributed by atoms with Crippen LogP contribution in [0.1, 0.15) is 25.5 Å². The molecule has 7 heteroatoms. The fourth-order valence-corrected chi connectivity index (χ4v) is 3.54. The Morgan fingerprint density at radius 2 is 1.78 bits per heavy atom. The molecule has 6 nitrogen and oxygen atoms in total. The van der Waals surface area contributed by atoms with Gasteiger partial charge in [0, 0.05) is 5.39 Å². The van der Waals surface area contributed by atoms with Crippen LogP contribution in [0.4, 0.5) is 4.39 Å². The van der Waals surface area contributed by atoms with Gasteiger partial charge in [0.25, 0.3) is 0 Å². The van der Waals surface area contributed by atoms with E-state index in [2.05, 4.69) is 10.4 Å². The van der Waals surface area contributed by atoms with Crippen LogP contribution in [0, 0.1) is 5.82 Å². The SMILES string of the molecule is C[C@H](O)C(=O)N[C@@H](C)[C@@H](Oc1ccc2c(cnn2-c2ccc(F)cc2)c1)c1ccccc1. The van der Waals surface area contributed by atoms with Crippen LogP contribution in [0.5, 0.6) is 5.75 Å². The summed E-state index contributed by atoms with van der Waals surface area (Å²) in [6.07, 6.45) is 0.146. The van der Waals surface area contributed by atoms with Crippen molar-refractivity contribution in [3.8, 4) is 11.4 Å². The molecule has 4 rings (SSSR count). The number of amides is 1. The molecule has 3 aromatic carbocycles. The number of aliphatic hydroxyl groups is 1. The average molecular weight is 433 g/mol. The lowest BCUT2D eigenvalue weighted by Crippen LogP contribution is -2.43. The van der Waals surface area contributed by atoms with Crippen LogP contribution in [0.3, 0.4) is 0 Å². The first-order valence-electron chi connectivity index (χ1n) is 10.4. The standard InChI is InChI=1S/C25H24FN3O3/c1-16(28-25(31)17(2)30)24(18-6-4-3-5-7-18)32-22-12-13-23-19(14-22)15-27-29(23)21-10-8-20(26)9-11-21/h3-17,24,30H,1-2H3,(H,28,31)/t16-,17-,24+/m0/s1. The van der Waals surface area contributed by atoms with Gasteiger partial charge in [0.05, 0.1) is 23.4 Å². The molecule has 0 aliphatic carbocycles. The van der Waals surface area contributed by atoms with Crippen molar-refractivity contribution in [2.45, 2.75) is 32.1 Å². The number of nitrogens with zero attached hydrogens (tertiary/aromatic N) is 2. The summed E-state index contributed by atoms with van der Waals surface area (Å²) in [5.74, 6) is -0.147. The minimum Gasteiger partial charge on any atom is -0.484 e. The summed E-state index contributed by atoms with van der Waals surface area (Å²) >= 11 is 0. The second-order valence-corrected chi connectivity index (χ2v) is 7.68. The average Bonchev–Trinajstić information content (AvgIpc) is 3.21. The van der Waals surface area contributed by atoms with Crippen molar-refractivity contribution in [3.63, 3.8) is 0 Å². The molecule has 0 saturated carbocycles. The molecule has 32 heavy (non-hydrogen) atoms. The van der Waals surface area contributed by atoms with Gasteiger partial charge in [0.2, 0.25) is 5.91 Å². The van der Waals surface area contributed by atoms with Crippen LogP contribution in [0.15, 0.2) is 79.0 Å². The maximum atomic E-state index is 13.3. The molecule has 0 spiro atoms. The van der Waals surface area contributed by atoms with E-state index in [4.69, 9.17) is 4.74 Å². The molecule has 0 saturated heterocycles. The molecule has 2 N–H and O–H groups in total. The lowest BCUT2D eigenvalue weighted by Gasteiger charge is -2.27. The van der Waals surface area contributed by atoms with Gasteiger partial charge >= 0.3 is 0 Å². The highest BCUT2D eigenvalue weighted by Crippen LogP contribution is 2.29. The molecule has 3 atom stereocenters. The topological polar surface area (TPSA) is 76.4 Å². The van der Waals surface area contributed by atoms with E-state index in [9.17, 15) is 14.3 Å². The van der Waals surface area contributed by atoms with Crippen LogP contribution < -0.4 is 10.1 Å². The maximum Gasteiger partial charge on any atom is 0.248 e. The number of aromatic nitrogens is 2. The smallest absolute Gasteiger partial charge is 0.248 e. The molecule has 0 aliphatic heterocycles. The second kappa shape index (κ2) is 9.20. The number of benzene rings is 3. The Labute approximate surface area is 185 Å². The summed E-state index contributed by atoms with van der Waals surface area (Å²) in [7, 11) is 0. The normalized spacial score (nSPS) is 14.0. The third kappa shape index (κ3) is 4.63. The molecule has 4 aromatic rings. The molecule has 164 valence electrons. The highest BCUT2D eigenvalue weighted by atomic mass is 19.1. The minimum absolute atomic E-state index is 0.301. The highest BCUT2D eigenvalue weighted by Gasteiger charge is 2.24. The number of halogens is 1. The van der Waals surface area contributed by atoms with Crippen LogP contribution >= 0.6 is 0 Å². The zero-order valence-electron chi connectivity index (χ0n) is 17.8. The first-order chi connectivity index (χ1) is 15.4. The van der Waals surface area contributed by atoms with Gasteiger partial charge in [-0.15, -0.1) is 0 Å². The Bertz CT molecular complexity index is 1210. The number of aliphatic hydroxyl groups excluding tert-OH is 1. The van der Waals surface area contributed by atoms with Gasteiger partial charge in [-0.2, -0.15) is 5.10 Å². The Balaban J connectivity index is 1.62. The van der Waals surface area contributed by atoms with Gasteiger partial charge in [0.15, 0.2) is 0 Å². The third-order valence-electron chi connectivity index (χ3n) is 5.21. The Kier molecular flexibility index (Phi) is 6.18. The molecule has 1 heterocycles. The summed E-state index contributed by atoms with van der Waals surface area (Å²) in [4.78, 5) is 12.0. The fraction of sp³-hybridized carbons (Fsp3) is 0.200. The largest absolute Gasteiger partial charge is 0.484 e. The van der Waals surface area contributed by atoms with Crippen molar-refractivity contribution in [2.75, 3.05) is 0 Å². The molecule has 1 amide bonds. The van der Waals surface area contributed by atoms with Crippen LogP contribution in [-0.2, 0) is 4.79 Å². The molecule has 0 aliphatic rings. The van der Waals surface area contributed by atoms with Crippen molar-refractivity contribution in [1.82, 2.24) is 15.1 Å². The summed E-state index contributed by atoms with van der Waals surface area (Å²) in [5, 5.41) is 17.6. The first-order valence-corrected chi connectivity index (χ1v) is 10.4. The zero-order valence-corrected chi connectivity index (χ0v) is 17.8. The lowest BCUT2D eigenvalue weighted by molar-refractivity contribution is -0.129. The van der Waals surface area contributed by atoms with Crippen LogP contribution in [0.25, 0.3) is 16.6 Å². The van der Waals surface area contributed by atoms with E-state index in [1.54, 1.807) is 23.0 Å². The molecule has 0 radical (unpaired) electrons. The van der Waals surface area contributed by atoms with E-state index in [1.807, 2.05) is 55.5 Å². The summed E-state index contributed by atoms with van der Waals surface area (Å²) in [6.45, 7) is 3.26. The number of hydrogen-bond donors (Lipinski definition) is 2. The monoisotopic (exact) mass is 433 g/mol. The molecule has 0 fully saturated rings. The number of nitrogens with one attached hydrogen (secondary N) is 1. The molecule has 1 aromatic heterocycles.